The quantitative estimate of drug-likeness (QED) is 0.360. The molecular weight excluding hydrogens is 444 g/mol. The van der Waals surface area contributed by atoms with Crippen molar-refractivity contribution < 1.29 is 4.79 Å². The first kappa shape index (κ1) is 26.2. The Morgan fingerprint density at radius 3 is 2.33 bits per heavy atom. The third-order valence-corrected chi connectivity index (χ3v) is 7.36. The lowest BCUT2D eigenvalue weighted by Crippen LogP contribution is -2.41. The van der Waals surface area contributed by atoms with Gasteiger partial charge in [0.25, 0.3) is 0 Å². The number of anilines is 1. The van der Waals surface area contributed by atoms with Gasteiger partial charge in [0.05, 0.1) is 6.42 Å². The highest BCUT2D eigenvalue weighted by atomic mass is 16.2. The molecule has 3 aromatic carbocycles. The zero-order chi connectivity index (χ0) is 25.2. The van der Waals surface area contributed by atoms with Crippen LogP contribution in [0.5, 0.6) is 0 Å². The number of rotatable bonds is 12. The molecule has 0 aliphatic carbocycles. The van der Waals surface area contributed by atoms with Crippen LogP contribution < -0.4 is 15.5 Å². The van der Waals surface area contributed by atoms with E-state index in [9.17, 15) is 4.79 Å². The molecule has 1 fully saturated rings. The van der Waals surface area contributed by atoms with Gasteiger partial charge in [-0.25, -0.2) is 0 Å². The van der Waals surface area contributed by atoms with E-state index in [0.717, 1.165) is 57.7 Å². The summed E-state index contributed by atoms with van der Waals surface area (Å²) in [5.41, 5.74) is 3.71. The number of carbonyl (C=O) groups is 1. The molecule has 3 aromatic rings. The fourth-order valence-corrected chi connectivity index (χ4v) is 5.06. The number of likely N-dealkylation sites (tertiary alicyclic amines) is 1. The highest BCUT2D eigenvalue weighted by Crippen LogP contribution is 2.22. The number of benzene rings is 3. The summed E-state index contributed by atoms with van der Waals surface area (Å²) in [7, 11) is 4.14. The number of carbonyl (C=O) groups excluding carboxylic acids is 1. The van der Waals surface area contributed by atoms with Gasteiger partial charge in [0, 0.05) is 39.4 Å². The highest BCUT2D eigenvalue weighted by Gasteiger charge is 2.22. The van der Waals surface area contributed by atoms with Crippen molar-refractivity contribution >= 4 is 22.4 Å². The average Bonchev–Trinajstić information content (AvgIpc) is 2.91. The van der Waals surface area contributed by atoms with Crippen LogP contribution in [0.2, 0.25) is 0 Å². The number of hydrogen-bond acceptors (Lipinski definition) is 4. The smallest absolute Gasteiger partial charge is 0.227 e. The van der Waals surface area contributed by atoms with E-state index in [1.807, 2.05) is 0 Å². The first-order chi connectivity index (χ1) is 17.6. The van der Waals surface area contributed by atoms with Crippen molar-refractivity contribution in [1.82, 2.24) is 15.5 Å². The minimum atomic E-state index is 0.263. The molecule has 0 bridgehead atoms. The Balaban J connectivity index is 1.05. The Kier molecular flexibility index (Phi) is 9.76. The van der Waals surface area contributed by atoms with E-state index in [-0.39, 0.29) is 5.91 Å². The Labute approximate surface area is 216 Å². The number of unbranched alkanes of at least 4 members (excludes halogenated alkanes) is 1. The van der Waals surface area contributed by atoms with Crippen molar-refractivity contribution in [1.29, 1.82) is 0 Å². The normalized spacial score (nSPS) is 14.3. The molecule has 5 heteroatoms. The molecule has 192 valence electrons. The standard InChI is InChI=1S/C31H42N4O/c1-34(2)29-14-12-25(13-15-29)23-32-18-5-6-19-33-24-26-16-20-35(21-17-26)31(36)22-28-10-7-9-27-8-3-4-11-30(27)28/h3-4,7-15,26,32-33H,5-6,16-24H2,1-2H3. The zero-order valence-corrected chi connectivity index (χ0v) is 22.0. The largest absolute Gasteiger partial charge is 0.378 e. The van der Waals surface area contributed by atoms with E-state index in [1.54, 1.807) is 0 Å². The Hall–Kier alpha value is -2.89. The zero-order valence-electron chi connectivity index (χ0n) is 22.0. The Bertz CT molecular complexity index is 1080. The predicted octanol–water partition coefficient (Wildman–Crippen LogP) is 4.85. The predicted molar refractivity (Wildman–Crippen MR) is 152 cm³/mol. The summed E-state index contributed by atoms with van der Waals surface area (Å²) in [6.07, 6.45) is 5.07. The van der Waals surface area contributed by atoms with E-state index in [1.165, 1.54) is 34.9 Å². The number of amides is 1. The van der Waals surface area contributed by atoms with Gasteiger partial charge >= 0.3 is 0 Å². The molecule has 36 heavy (non-hydrogen) atoms. The van der Waals surface area contributed by atoms with Crippen molar-refractivity contribution in [3.05, 3.63) is 77.9 Å². The SMILES string of the molecule is CN(C)c1ccc(CNCCCCNCC2CCN(C(=O)Cc3cccc4ccccc34)CC2)cc1. The van der Waals surface area contributed by atoms with E-state index in [4.69, 9.17) is 0 Å². The van der Waals surface area contributed by atoms with Crippen LogP contribution in [0.4, 0.5) is 5.69 Å². The first-order valence-electron chi connectivity index (χ1n) is 13.5. The molecule has 2 N–H and O–H groups in total. The lowest BCUT2D eigenvalue weighted by molar-refractivity contribution is -0.131. The number of fused-ring (bicyclic) bond motifs is 1. The summed E-state index contributed by atoms with van der Waals surface area (Å²) in [5, 5.41) is 9.61. The maximum atomic E-state index is 12.9. The Morgan fingerprint density at radius 1 is 0.889 bits per heavy atom. The van der Waals surface area contributed by atoms with Crippen LogP contribution in [0, 0.1) is 5.92 Å². The highest BCUT2D eigenvalue weighted by molar-refractivity contribution is 5.90. The minimum absolute atomic E-state index is 0.263. The van der Waals surface area contributed by atoms with Crippen molar-refractivity contribution in [3.63, 3.8) is 0 Å². The summed E-state index contributed by atoms with van der Waals surface area (Å²) < 4.78 is 0. The molecule has 0 aromatic heterocycles. The molecule has 5 nitrogen and oxygen atoms in total. The maximum Gasteiger partial charge on any atom is 0.227 e. The van der Waals surface area contributed by atoms with Gasteiger partial charge in [-0.15, -0.1) is 0 Å². The van der Waals surface area contributed by atoms with Gasteiger partial charge in [0.15, 0.2) is 0 Å². The number of hydrogen-bond donors (Lipinski definition) is 2. The number of nitrogens with zero attached hydrogens (tertiary/aromatic N) is 2. The molecule has 0 atom stereocenters. The lowest BCUT2D eigenvalue weighted by Gasteiger charge is -2.32. The molecule has 0 radical (unpaired) electrons. The van der Waals surface area contributed by atoms with Gasteiger partial charge in [0.1, 0.15) is 0 Å². The van der Waals surface area contributed by atoms with Gasteiger partial charge in [0.2, 0.25) is 5.91 Å². The molecule has 4 rings (SSSR count). The van der Waals surface area contributed by atoms with Crippen LogP contribution in [0.3, 0.4) is 0 Å². The van der Waals surface area contributed by atoms with E-state index in [2.05, 4.69) is 101 Å². The van der Waals surface area contributed by atoms with Gasteiger partial charge in [-0.05, 0) is 85.3 Å². The van der Waals surface area contributed by atoms with Crippen molar-refractivity contribution in [2.75, 3.05) is 51.7 Å². The van der Waals surface area contributed by atoms with Gasteiger partial charge in [-0.3, -0.25) is 4.79 Å². The summed E-state index contributed by atoms with van der Waals surface area (Å²) >= 11 is 0. The maximum absolute atomic E-state index is 12.9. The van der Waals surface area contributed by atoms with Crippen LogP contribution in [-0.2, 0) is 17.8 Å². The molecular formula is C31H42N4O. The van der Waals surface area contributed by atoms with Gasteiger partial charge in [-0.2, -0.15) is 0 Å². The van der Waals surface area contributed by atoms with Gasteiger partial charge in [-0.1, -0.05) is 54.6 Å². The topological polar surface area (TPSA) is 47.6 Å². The average molecular weight is 487 g/mol. The molecule has 1 aliphatic rings. The van der Waals surface area contributed by atoms with Crippen molar-refractivity contribution in [2.24, 2.45) is 5.92 Å². The fraction of sp³-hybridized carbons (Fsp3) is 0.452. The van der Waals surface area contributed by atoms with E-state index >= 15 is 0 Å². The molecule has 1 saturated heterocycles. The van der Waals surface area contributed by atoms with Crippen LogP contribution in [0.1, 0.15) is 36.8 Å². The van der Waals surface area contributed by atoms with Crippen LogP contribution in [-0.4, -0.2) is 57.6 Å². The first-order valence-corrected chi connectivity index (χ1v) is 13.5. The van der Waals surface area contributed by atoms with Crippen molar-refractivity contribution in [3.8, 4) is 0 Å². The Morgan fingerprint density at radius 2 is 1.58 bits per heavy atom. The lowest BCUT2D eigenvalue weighted by atomic mass is 9.95. The minimum Gasteiger partial charge on any atom is -0.378 e. The monoisotopic (exact) mass is 486 g/mol. The molecule has 1 heterocycles. The molecule has 0 spiro atoms. The molecule has 1 aliphatic heterocycles. The molecule has 0 unspecified atom stereocenters. The summed E-state index contributed by atoms with van der Waals surface area (Å²) in [6.45, 7) is 5.88. The fourth-order valence-electron chi connectivity index (χ4n) is 5.06. The van der Waals surface area contributed by atoms with Crippen LogP contribution in [0.15, 0.2) is 66.7 Å². The summed E-state index contributed by atoms with van der Waals surface area (Å²) in [6, 6.07) is 23.4. The summed E-state index contributed by atoms with van der Waals surface area (Å²) in [4.78, 5) is 17.1. The van der Waals surface area contributed by atoms with Crippen LogP contribution >= 0.6 is 0 Å². The third-order valence-electron chi connectivity index (χ3n) is 7.36. The van der Waals surface area contributed by atoms with Gasteiger partial charge < -0.3 is 20.4 Å². The third kappa shape index (κ3) is 7.55. The van der Waals surface area contributed by atoms with Crippen molar-refractivity contribution in [2.45, 2.75) is 38.6 Å². The molecule has 1 amide bonds. The second-order valence-electron chi connectivity index (χ2n) is 10.3. The summed E-state index contributed by atoms with van der Waals surface area (Å²) in [5.74, 6) is 0.939. The van der Waals surface area contributed by atoms with Crippen LogP contribution in [0.25, 0.3) is 10.8 Å². The second kappa shape index (κ2) is 13.4. The van der Waals surface area contributed by atoms with E-state index < -0.39 is 0 Å². The number of piperidine rings is 1. The van der Waals surface area contributed by atoms with E-state index in [0.29, 0.717) is 12.3 Å². The number of nitrogens with one attached hydrogen (secondary N) is 2. The molecule has 0 saturated carbocycles. The second-order valence-corrected chi connectivity index (χ2v) is 10.3.